The maximum Gasteiger partial charge on any atom is 0.248 e. The molecule has 1 aromatic heterocycles. The van der Waals surface area contributed by atoms with Gasteiger partial charge in [0, 0.05) is 35.4 Å². The highest BCUT2D eigenvalue weighted by Gasteiger charge is 2.36. The standard InChI is InChI=1S/C23H28ClFN4O2S/c1-15-18(24)12-17(25)13-19(15)28-8-9-29(21(30)14-28)20(11-16-5-3-2-4-6-16)22(31)27-23-26-7-10-32-23/h7,10,12-13,16,20H,2-6,8-9,11,14H2,1H3,(H,26,27,31)/t20-/m0/s1. The Kier molecular flexibility index (Phi) is 7.30. The maximum absolute atomic E-state index is 13.9. The summed E-state index contributed by atoms with van der Waals surface area (Å²) in [6.07, 6.45) is 8.08. The van der Waals surface area contributed by atoms with E-state index in [2.05, 4.69) is 10.3 Å². The molecule has 172 valence electrons. The molecule has 2 aliphatic rings. The number of aromatic nitrogens is 1. The van der Waals surface area contributed by atoms with E-state index in [0.29, 0.717) is 41.3 Å². The molecule has 1 aliphatic heterocycles. The third-order valence-corrected chi connectivity index (χ3v) is 7.58. The summed E-state index contributed by atoms with van der Waals surface area (Å²) in [6.45, 7) is 2.82. The second-order valence-corrected chi connectivity index (χ2v) is 9.92. The zero-order valence-corrected chi connectivity index (χ0v) is 19.7. The summed E-state index contributed by atoms with van der Waals surface area (Å²) in [5.41, 5.74) is 1.37. The first-order valence-electron chi connectivity index (χ1n) is 11.1. The predicted octanol–water partition coefficient (Wildman–Crippen LogP) is 4.87. The van der Waals surface area contributed by atoms with Crippen LogP contribution in [0.25, 0.3) is 0 Å². The molecule has 1 saturated heterocycles. The van der Waals surface area contributed by atoms with Crippen LogP contribution in [0.5, 0.6) is 0 Å². The van der Waals surface area contributed by atoms with Crippen molar-refractivity contribution in [2.45, 2.75) is 51.5 Å². The van der Waals surface area contributed by atoms with Crippen molar-refractivity contribution in [3.05, 3.63) is 40.1 Å². The minimum atomic E-state index is -0.533. The number of amides is 2. The highest BCUT2D eigenvalue weighted by molar-refractivity contribution is 7.13. The van der Waals surface area contributed by atoms with Crippen LogP contribution in [0, 0.1) is 18.7 Å². The number of thiazole rings is 1. The molecule has 1 saturated carbocycles. The zero-order valence-electron chi connectivity index (χ0n) is 18.2. The van der Waals surface area contributed by atoms with Gasteiger partial charge in [-0.2, -0.15) is 0 Å². The summed E-state index contributed by atoms with van der Waals surface area (Å²) in [4.78, 5) is 34.1. The summed E-state index contributed by atoms with van der Waals surface area (Å²) in [5.74, 6) is -0.308. The molecule has 2 aromatic rings. The number of anilines is 2. The van der Waals surface area contributed by atoms with Crippen LogP contribution in [0.2, 0.25) is 5.02 Å². The largest absolute Gasteiger partial charge is 0.360 e. The monoisotopic (exact) mass is 478 g/mol. The van der Waals surface area contributed by atoms with Crippen molar-refractivity contribution in [2.24, 2.45) is 5.92 Å². The van der Waals surface area contributed by atoms with E-state index in [1.54, 1.807) is 11.1 Å². The first kappa shape index (κ1) is 23.0. The van der Waals surface area contributed by atoms with E-state index in [1.165, 1.54) is 42.7 Å². The fourth-order valence-electron chi connectivity index (χ4n) is 4.77. The van der Waals surface area contributed by atoms with Gasteiger partial charge in [0.05, 0.1) is 6.54 Å². The van der Waals surface area contributed by atoms with Gasteiger partial charge in [-0.1, -0.05) is 43.7 Å². The Labute approximate surface area is 196 Å². The average Bonchev–Trinajstić information content (AvgIpc) is 3.28. The van der Waals surface area contributed by atoms with E-state index in [0.717, 1.165) is 18.4 Å². The van der Waals surface area contributed by atoms with E-state index >= 15 is 0 Å². The Morgan fingerprint density at radius 2 is 2.09 bits per heavy atom. The van der Waals surface area contributed by atoms with Gasteiger partial charge in [0.15, 0.2) is 5.13 Å². The number of hydrogen-bond acceptors (Lipinski definition) is 5. The summed E-state index contributed by atoms with van der Waals surface area (Å²) in [6, 6.07) is 2.16. The Hall–Kier alpha value is -2.19. The molecule has 4 rings (SSSR count). The molecule has 0 bridgehead atoms. The third kappa shape index (κ3) is 5.23. The number of carbonyl (C=O) groups is 2. The van der Waals surface area contributed by atoms with Crippen molar-refractivity contribution < 1.29 is 14.0 Å². The van der Waals surface area contributed by atoms with Crippen LogP contribution in [0.15, 0.2) is 23.7 Å². The zero-order chi connectivity index (χ0) is 22.7. The Morgan fingerprint density at radius 3 is 2.78 bits per heavy atom. The van der Waals surface area contributed by atoms with Gasteiger partial charge in [-0.15, -0.1) is 11.3 Å². The summed E-state index contributed by atoms with van der Waals surface area (Å²) >= 11 is 7.51. The molecular formula is C23H28ClFN4O2S. The van der Waals surface area contributed by atoms with Crippen LogP contribution in [0.4, 0.5) is 15.2 Å². The molecule has 0 unspecified atom stereocenters. The lowest BCUT2D eigenvalue weighted by molar-refractivity contribution is -0.139. The number of benzene rings is 1. The van der Waals surface area contributed by atoms with Gasteiger partial charge in [0.1, 0.15) is 11.9 Å². The van der Waals surface area contributed by atoms with Gasteiger partial charge < -0.3 is 15.1 Å². The van der Waals surface area contributed by atoms with Crippen LogP contribution in [-0.2, 0) is 9.59 Å². The smallest absolute Gasteiger partial charge is 0.248 e. The third-order valence-electron chi connectivity index (χ3n) is 6.50. The second-order valence-electron chi connectivity index (χ2n) is 8.62. The Bertz CT molecular complexity index is 965. The van der Waals surface area contributed by atoms with Crippen molar-refractivity contribution in [2.75, 3.05) is 29.9 Å². The van der Waals surface area contributed by atoms with Gasteiger partial charge in [-0.25, -0.2) is 9.37 Å². The molecule has 0 radical (unpaired) electrons. The molecular weight excluding hydrogens is 451 g/mol. The van der Waals surface area contributed by atoms with E-state index in [1.807, 2.05) is 17.2 Å². The molecule has 1 aliphatic carbocycles. The second kappa shape index (κ2) is 10.2. The van der Waals surface area contributed by atoms with Gasteiger partial charge in [-0.3, -0.25) is 9.59 Å². The van der Waals surface area contributed by atoms with E-state index in [-0.39, 0.29) is 18.4 Å². The lowest BCUT2D eigenvalue weighted by Crippen LogP contribution is -2.57. The SMILES string of the molecule is Cc1c(Cl)cc(F)cc1N1CCN([C@@H](CC2CCCCC2)C(=O)Nc2nccs2)C(=O)C1. The predicted molar refractivity (Wildman–Crippen MR) is 126 cm³/mol. The molecule has 1 N–H and O–H groups in total. The van der Waals surface area contributed by atoms with Crippen molar-refractivity contribution in [1.29, 1.82) is 0 Å². The highest BCUT2D eigenvalue weighted by Crippen LogP contribution is 2.32. The maximum atomic E-state index is 13.9. The van der Waals surface area contributed by atoms with Crippen molar-refractivity contribution in [3.63, 3.8) is 0 Å². The van der Waals surface area contributed by atoms with E-state index in [4.69, 9.17) is 11.6 Å². The fraction of sp³-hybridized carbons (Fsp3) is 0.522. The van der Waals surface area contributed by atoms with Gasteiger partial charge in [0.2, 0.25) is 11.8 Å². The average molecular weight is 479 g/mol. The molecule has 2 fully saturated rings. The minimum absolute atomic E-state index is 0.0896. The van der Waals surface area contributed by atoms with Gasteiger partial charge in [-0.05, 0) is 37.0 Å². The first-order chi connectivity index (χ1) is 15.4. The van der Waals surface area contributed by atoms with Crippen molar-refractivity contribution in [1.82, 2.24) is 9.88 Å². The summed E-state index contributed by atoms with van der Waals surface area (Å²) in [5, 5.41) is 5.58. The summed E-state index contributed by atoms with van der Waals surface area (Å²) in [7, 11) is 0. The fourth-order valence-corrected chi connectivity index (χ4v) is 5.50. The number of nitrogens with zero attached hydrogens (tertiary/aromatic N) is 3. The van der Waals surface area contributed by atoms with Crippen molar-refractivity contribution >= 4 is 45.6 Å². The molecule has 9 heteroatoms. The number of rotatable bonds is 6. The number of carbonyl (C=O) groups excluding carboxylic acids is 2. The lowest BCUT2D eigenvalue weighted by Gasteiger charge is -2.41. The van der Waals surface area contributed by atoms with Crippen LogP contribution in [0.3, 0.4) is 0 Å². The molecule has 32 heavy (non-hydrogen) atoms. The topological polar surface area (TPSA) is 65.5 Å². The van der Waals surface area contributed by atoms with Crippen LogP contribution >= 0.6 is 22.9 Å². The van der Waals surface area contributed by atoms with Gasteiger partial charge >= 0.3 is 0 Å². The van der Waals surface area contributed by atoms with E-state index in [9.17, 15) is 14.0 Å². The molecule has 0 spiro atoms. The molecule has 6 nitrogen and oxygen atoms in total. The van der Waals surface area contributed by atoms with Crippen molar-refractivity contribution in [3.8, 4) is 0 Å². The quantitative estimate of drug-likeness (QED) is 0.643. The number of halogens is 2. The normalized spacial score (nSPS) is 18.7. The van der Waals surface area contributed by atoms with E-state index < -0.39 is 11.9 Å². The first-order valence-corrected chi connectivity index (χ1v) is 12.4. The Balaban J connectivity index is 1.51. The molecule has 1 atom stereocenters. The molecule has 2 amide bonds. The molecule has 2 heterocycles. The summed E-state index contributed by atoms with van der Waals surface area (Å²) < 4.78 is 13.9. The van der Waals surface area contributed by atoms with Gasteiger partial charge in [0.25, 0.3) is 0 Å². The van der Waals surface area contributed by atoms with Crippen LogP contribution in [-0.4, -0.2) is 47.4 Å². The number of hydrogen-bond donors (Lipinski definition) is 1. The number of nitrogens with one attached hydrogen (secondary N) is 1. The Morgan fingerprint density at radius 1 is 1.31 bits per heavy atom. The lowest BCUT2D eigenvalue weighted by atomic mass is 9.84. The molecule has 1 aromatic carbocycles. The highest BCUT2D eigenvalue weighted by atomic mass is 35.5. The number of piperazine rings is 1. The minimum Gasteiger partial charge on any atom is -0.360 e. The van der Waals surface area contributed by atoms with Crippen LogP contribution < -0.4 is 10.2 Å². The van der Waals surface area contributed by atoms with Crippen LogP contribution in [0.1, 0.15) is 44.1 Å².